The lowest BCUT2D eigenvalue weighted by Crippen LogP contribution is -2.19. The maximum absolute atomic E-state index is 6.90. The average Bonchev–Trinajstić information content (AvgIpc) is 3.73. The zero-order chi connectivity index (χ0) is 47.7. The van der Waals surface area contributed by atoms with Crippen LogP contribution in [0.1, 0.15) is 70.9 Å². The normalized spacial score (nSPS) is 16.9. The smallest absolute Gasteiger partial charge is 0.155 e. The predicted molar refractivity (Wildman–Crippen MR) is 295 cm³/mol. The Morgan fingerprint density at radius 3 is 1.30 bits per heavy atom. The second-order valence-electron chi connectivity index (χ2n) is 20.9. The van der Waals surface area contributed by atoms with Crippen LogP contribution >= 0.6 is 20.1 Å². The summed E-state index contributed by atoms with van der Waals surface area (Å²) in [5, 5.41) is 0. The van der Waals surface area contributed by atoms with Crippen molar-refractivity contribution in [3.63, 3.8) is 0 Å². The second-order valence-corrected chi connectivity index (χ2v) is 27.9. The van der Waals surface area contributed by atoms with Gasteiger partial charge in [0.25, 0.3) is 0 Å². The molecule has 4 nitrogen and oxygen atoms in total. The van der Waals surface area contributed by atoms with E-state index in [2.05, 4.69) is 234 Å². The summed E-state index contributed by atoms with van der Waals surface area (Å²) in [7, 11) is -2.75. The predicted octanol–water partition coefficient (Wildman–Crippen LogP) is 19.3. The summed E-state index contributed by atoms with van der Waals surface area (Å²) >= 11 is 0. The Kier molecular flexibility index (Phi) is 10.3. The van der Waals surface area contributed by atoms with Crippen LogP contribution in [0.5, 0.6) is 23.0 Å². The molecule has 0 aromatic heterocycles. The lowest BCUT2D eigenvalue weighted by atomic mass is 9.85. The van der Waals surface area contributed by atoms with Gasteiger partial charge in [-0.05, 0) is 150 Å². The third kappa shape index (κ3) is 6.51. The van der Waals surface area contributed by atoms with Gasteiger partial charge in [0.15, 0.2) is 23.0 Å². The molecule has 8 aromatic rings. The first-order valence-corrected chi connectivity index (χ1v) is 29.6. The van der Waals surface area contributed by atoms with Gasteiger partial charge in [0.1, 0.15) is 0 Å². The van der Waals surface area contributed by atoms with Gasteiger partial charge in [-0.2, -0.15) is 20.1 Å². The van der Waals surface area contributed by atoms with E-state index in [0.29, 0.717) is 23.7 Å². The minimum absolute atomic E-state index is 0.343. The van der Waals surface area contributed by atoms with Gasteiger partial charge < -0.3 is 19.3 Å². The zero-order valence-electron chi connectivity index (χ0n) is 41.6. The van der Waals surface area contributed by atoms with Crippen molar-refractivity contribution in [2.45, 2.75) is 79.4 Å². The highest BCUT2D eigenvalue weighted by Gasteiger charge is 2.40. The molecular formula is C63H62N2O2S2. The van der Waals surface area contributed by atoms with E-state index in [1.165, 1.54) is 75.5 Å². The van der Waals surface area contributed by atoms with Crippen LogP contribution in [0.15, 0.2) is 177 Å². The van der Waals surface area contributed by atoms with Gasteiger partial charge >= 0.3 is 0 Å². The van der Waals surface area contributed by atoms with Crippen molar-refractivity contribution in [2.75, 3.05) is 34.8 Å². The van der Waals surface area contributed by atoms with Crippen LogP contribution in [-0.4, -0.2) is 25.0 Å². The molecule has 4 heterocycles. The van der Waals surface area contributed by atoms with Crippen molar-refractivity contribution in [3.05, 3.63) is 169 Å². The van der Waals surface area contributed by atoms with Crippen LogP contribution in [0.2, 0.25) is 0 Å². The van der Waals surface area contributed by atoms with Crippen molar-refractivity contribution in [1.82, 2.24) is 0 Å². The fourth-order valence-corrected chi connectivity index (χ4v) is 16.9. The maximum Gasteiger partial charge on any atom is 0.155 e. The van der Waals surface area contributed by atoms with Crippen molar-refractivity contribution < 1.29 is 9.47 Å². The van der Waals surface area contributed by atoms with Gasteiger partial charge in [0.05, 0.1) is 34.1 Å². The quantitative estimate of drug-likeness (QED) is 0.152. The Morgan fingerprint density at radius 2 is 0.841 bits per heavy atom. The molecule has 69 heavy (non-hydrogen) atoms. The summed E-state index contributed by atoms with van der Waals surface area (Å²) in [6.45, 7) is 13.9. The summed E-state index contributed by atoms with van der Waals surface area (Å²) in [6, 6.07) is 59.1. The van der Waals surface area contributed by atoms with Crippen molar-refractivity contribution in [3.8, 4) is 56.4 Å². The lowest BCUT2D eigenvalue weighted by Gasteiger charge is -2.36. The van der Waals surface area contributed by atoms with Crippen molar-refractivity contribution in [2.24, 2.45) is 11.8 Å². The van der Waals surface area contributed by atoms with Gasteiger partial charge in [0, 0.05) is 41.8 Å². The number of nitrogens with zero attached hydrogens (tertiary/aromatic N) is 2. The molecule has 0 amide bonds. The van der Waals surface area contributed by atoms with E-state index in [9.17, 15) is 0 Å². The lowest BCUT2D eigenvalue weighted by molar-refractivity contribution is 0.433. The molecule has 8 aromatic carbocycles. The number of fused-ring (bicyclic) bond motifs is 10. The second kappa shape index (κ2) is 16.1. The fraction of sp³-hybridized carbons (Fsp3) is 0.238. The highest BCUT2D eigenvalue weighted by Crippen LogP contribution is 2.72. The van der Waals surface area contributed by atoms with Crippen LogP contribution < -0.4 is 19.3 Å². The number of hydrogen-bond donors (Lipinski definition) is 0. The first kappa shape index (κ1) is 43.9. The van der Waals surface area contributed by atoms with Crippen LogP contribution in [0.25, 0.3) is 33.4 Å². The molecule has 0 radical (unpaired) electrons. The van der Waals surface area contributed by atoms with Gasteiger partial charge in [-0.25, -0.2) is 0 Å². The first-order valence-electron chi connectivity index (χ1n) is 24.7. The largest absolute Gasteiger partial charge is 0.453 e. The fourth-order valence-electron chi connectivity index (χ4n) is 11.9. The summed E-state index contributed by atoms with van der Waals surface area (Å²) in [5.74, 6) is 5.44. The minimum atomic E-state index is -1.38. The van der Waals surface area contributed by atoms with Gasteiger partial charge in [-0.1, -0.05) is 126 Å². The van der Waals surface area contributed by atoms with E-state index in [1.807, 2.05) is 0 Å². The molecule has 2 unspecified atom stereocenters. The molecule has 12 rings (SSSR count). The highest BCUT2D eigenvalue weighted by molar-refractivity contribution is 8.33. The Labute approximate surface area is 412 Å². The number of rotatable bonds is 8. The zero-order valence-corrected chi connectivity index (χ0v) is 43.2. The number of hydrogen-bond acceptors (Lipinski definition) is 4. The van der Waals surface area contributed by atoms with Crippen LogP contribution in [0.3, 0.4) is 0 Å². The van der Waals surface area contributed by atoms with E-state index in [4.69, 9.17) is 9.47 Å². The van der Waals surface area contributed by atoms with E-state index in [-0.39, 0.29) is 0 Å². The van der Waals surface area contributed by atoms with E-state index < -0.39 is 20.1 Å². The summed E-state index contributed by atoms with van der Waals surface area (Å²) < 4.78 is 13.7. The van der Waals surface area contributed by atoms with Crippen molar-refractivity contribution in [1.29, 1.82) is 0 Å². The number of para-hydroxylation sites is 6. The molecule has 4 aliphatic rings. The van der Waals surface area contributed by atoms with Crippen LogP contribution in [0.4, 0.5) is 34.1 Å². The number of anilines is 6. The number of ether oxygens (including phenoxy) is 2. The Balaban J connectivity index is 0.967. The molecule has 0 N–H and O–H groups in total. The summed E-state index contributed by atoms with van der Waals surface area (Å²) in [6.07, 6.45) is 11.0. The maximum atomic E-state index is 6.90. The molecule has 0 aliphatic carbocycles. The topological polar surface area (TPSA) is 24.9 Å². The minimum Gasteiger partial charge on any atom is -0.453 e. The third-order valence-corrected chi connectivity index (χ3v) is 21.6. The van der Waals surface area contributed by atoms with Crippen LogP contribution in [-0.2, 0) is 0 Å². The highest BCUT2D eigenvalue weighted by atomic mass is 32.3. The summed E-state index contributed by atoms with van der Waals surface area (Å²) in [4.78, 5) is 10.7. The SMILES string of the molecule is CCC(c1cccc2c1Oc1ccccc1N2c1cccc2c1-c1ccc(-c3ccc4c(c3)S(C)(C)c3cccc(N5c6ccccc6Oc6c(C(C)C(C)C)cccc65)c3-4)cc1S2(C)C)C(C)C. The van der Waals surface area contributed by atoms with E-state index in [0.717, 1.165) is 52.2 Å². The monoisotopic (exact) mass is 942 g/mol. The molecule has 0 saturated carbocycles. The van der Waals surface area contributed by atoms with Crippen LogP contribution in [0, 0.1) is 11.8 Å². The molecular weight excluding hydrogens is 881 g/mol. The Hall–Kier alpha value is -6.34. The average molecular weight is 943 g/mol. The molecule has 0 saturated heterocycles. The first-order chi connectivity index (χ1) is 33.3. The summed E-state index contributed by atoms with van der Waals surface area (Å²) in [5.41, 5.74) is 17.2. The Bertz CT molecular complexity index is 3400. The third-order valence-electron chi connectivity index (χ3n) is 15.8. The molecule has 6 heteroatoms. The molecule has 4 aliphatic heterocycles. The molecule has 0 fully saturated rings. The van der Waals surface area contributed by atoms with Gasteiger partial charge in [-0.3, -0.25) is 0 Å². The molecule has 0 spiro atoms. The Morgan fingerprint density at radius 1 is 0.420 bits per heavy atom. The van der Waals surface area contributed by atoms with Crippen molar-refractivity contribution >= 4 is 54.2 Å². The van der Waals surface area contributed by atoms with E-state index in [1.54, 1.807) is 0 Å². The molecule has 2 atom stereocenters. The molecule has 348 valence electrons. The van der Waals surface area contributed by atoms with E-state index >= 15 is 0 Å². The van der Waals surface area contributed by atoms with Gasteiger partial charge in [-0.15, -0.1) is 0 Å². The van der Waals surface area contributed by atoms with Gasteiger partial charge in [0.2, 0.25) is 0 Å². The number of benzene rings is 8. The molecule has 0 bridgehead atoms. The standard InChI is InChI=1S/C63H62N2O2S2/c1-11-43(39(4)5)45-21-17-27-53-63(45)67-55-29-15-13-23-49(55)65(53)51-25-19-31-57-61(51)47-35-33-42(37-59(47)69(57,9)10)41-32-34-46-58(36-41)68(7,8)56-30-18-24-50(60(46)56)64-48-22-12-14-28-54(48)66-62-44(40(6)38(2)3)20-16-26-52(62)64/h12-40,43H,11H2,1-10H3.